The second kappa shape index (κ2) is 19.5. The third-order valence-electron chi connectivity index (χ3n) is 11.5. The molecule has 4 fully saturated rings. The highest BCUT2D eigenvalue weighted by molar-refractivity contribution is 6.47. The molecule has 52 heavy (non-hydrogen) atoms. The molecule has 2 bridgehead atoms. The monoisotopic (exact) mass is 736 g/mol. The molecule has 5 amide bonds. The lowest BCUT2D eigenvalue weighted by atomic mass is 9.43. The fourth-order valence-electron chi connectivity index (χ4n) is 7.98. The van der Waals surface area contributed by atoms with Crippen molar-refractivity contribution in [1.29, 1.82) is 0 Å². The fraction of sp³-hybridized carbons (Fsp3) is 0.861. The zero-order chi connectivity index (χ0) is 38.8. The summed E-state index contributed by atoms with van der Waals surface area (Å²) < 4.78 is 12.9. The highest BCUT2D eigenvalue weighted by atomic mass is 16.7. The van der Waals surface area contributed by atoms with Gasteiger partial charge in [0, 0.05) is 13.0 Å². The predicted octanol–water partition coefficient (Wildman–Crippen LogP) is 0.547. The largest absolute Gasteiger partial charge is 0.481 e. The van der Waals surface area contributed by atoms with Crippen molar-refractivity contribution in [3.8, 4) is 0 Å². The second-order valence-corrected chi connectivity index (χ2v) is 16.0. The number of aliphatic hydroxyl groups is 1. The molecule has 0 aromatic heterocycles. The van der Waals surface area contributed by atoms with Crippen LogP contribution in [0.3, 0.4) is 0 Å². The Bertz CT molecular complexity index is 1240. The molecular weight excluding hydrogens is 669 g/mol. The van der Waals surface area contributed by atoms with Crippen molar-refractivity contribution in [2.24, 2.45) is 28.7 Å². The van der Waals surface area contributed by atoms with Crippen molar-refractivity contribution in [2.75, 3.05) is 13.1 Å². The molecule has 296 valence electrons. The van der Waals surface area contributed by atoms with Crippen LogP contribution in [-0.2, 0) is 33.3 Å². The van der Waals surface area contributed by atoms with Crippen LogP contribution in [0.2, 0.25) is 0 Å². The van der Waals surface area contributed by atoms with Gasteiger partial charge in [-0.15, -0.1) is 0 Å². The van der Waals surface area contributed by atoms with E-state index in [1.54, 1.807) is 0 Å². The molecule has 4 rings (SSSR count). The third-order valence-corrected chi connectivity index (χ3v) is 11.5. The van der Waals surface area contributed by atoms with Gasteiger partial charge >= 0.3 is 7.12 Å². The quantitative estimate of drug-likeness (QED) is 0.0568. The molecule has 1 aliphatic heterocycles. The van der Waals surface area contributed by atoms with Gasteiger partial charge in [-0.3, -0.25) is 24.0 Å². The van der Waals surface area contributed by atoms with Crippen molar-refractivity contribution in [3.63, 3.8) is 0 Å². The van der Waals surface area contributed by atoms with E-state index in [4.69, 9.17) is 20.8 Å². The van der Waals surface area contributed by atoms with Gasteiger partial charge in [0.25, 0.3) is 0 Å². The van der Waals surface area contributed by atoms with Crippen molar-refractivity contribution in [1.82, 2.24) is 26.6 Å². The number of aliphatic hydroxyl groups excluding tert-OH is 1. The Hall–Kier alpha value is -2.79. The number of carbonyl (C=O) groups is 5. The summed E-state index contributed by atoms with van der Waals surface area (Å²) in [5.41, 5.74) is 11.2. The maximum atomic E-state index is 13.6. The van der Waals surface area contributed by atoms with E-state index < -0.39 is 72.6 Å². The van der Waals surface area contributed by atoms with E-state index in [1.807, 2.05) is 6.92 Å². The molecule has 10 atom stereocenters. The van der Waals surface area contributed by atoms with E-state index in [9.17, 15) is 29.1 Å². The van der Waals surface area contributed by atoms with Crippen molar-refractivity contribution >= 4 is 36.7 Å². The summed E-state index contributed by atoms with van der Waals surface area (Å²) in [5.74, 6) is -2.49. The van der Waals surface area contributed by atoms with Crippen LogP contribution in [0.15, 0.2) is 0 Å². The molecule has 0 radical (unpaired) electrons. The number of rotatable bonds is 22. The highest BCUT2D eigenvalue weighted by Gasteiger charge is 2.68. The number of nitrogens with two attached hydrogens (primary N) is 2. The Labute approximate surface area is 310 Å². The average molecular weight is 736 g/mol. The zero-order valence-electron chi connectivity index (χ0n) is 32.4. The molecule has 1 saturated heterocycles. The molecule has 16 heteroatoms. The molecule has 1 heterocycles. The van der Waals surface area contributed by atoms with Gasteiger partial charge in [-0.05, 0) is 90.0 Å². The number of hydrogen-bond donors (Lipinski definition) is 8. The van der Waals surface area contributed by atoms with E-state index in [1.165, 1.54) is 13.8 Å². The van der Waals surface area contributed by atoms with Crippen LogP contribution in [0.4, 0.5) is 0 Å². The fourth-order valence-corrected chi connectivity index (χ4v) is 7.98. The molecule has 10 unspecified atom stereocenters. The number of carbonyl (C=O) groups excluding carboxylic acids is 5. The summed E-state index contributed by atoms with van der Waals surface area (Å²) >= 11 is 0. The summed E-state index contributed by atoms with van der Waals surface area (Å²) in [7, 11) is -0.636. The highest BCUT2D eigenvalue weighted by Crippen LogP contribution is 2.65. The smallest absolute Gasteiger partial charge is 0.404 e. The Morgan fingerprint density at radius 1 is 0.808 bits per heavy atom. The van der Waals surface area contributed by atoms with Gasteiger partial charge in [-0.1, -0.05) is 46.5 Å². The first-order valence-electron chi connectivity index (χ1n) is 19.4. The summed E-state index contributed by atoms with van der Waals surface area (Å²) in [6.45, 7) is 13.6. The first-order chi connectivity index (χ1) is 24.5. The maximum Gasteiger partial charge on any atom is 0.481 e. The van der Waals surface area contributed by atoms with Crippen molar-refractivity contribution in [3.05, 3.63) is 0 Å². The van der Waals surface area contributed by atoms with Crippen LogP contribution in [-0.4, -0.2) is 103 Å². The SMILES string of the molecule is CCCCCCCC(=O)NC(CN)C(=O)NC(C(=O)NC(C)C(=O)NC(CCCCN)C(=O)NC(C)B1OC2CC3CC(C3(C)C)C2(C)O1)C(C)O. The zero-order valence-corrected chi connectivity index (χ0v) is 32.4. The van der Waals surface area contributed by atoms with Gasteiger partial charge < -0.3 is 52.5 Å². The lowest BCUT2D eigenvalue weighted by Crippen LogP contribution is -2.65. The number of nitrogens with one attached hydrogen (secondary N) is 5. The molecule has 4 aliphatic rings. The Kier molecular flexibility index (Phi) is 16.4. The number of hydrogen-bond acceptors (Lipinski definition) is 10. The summed E-state index contributed by atoms with van der Waals surface area (Å²) in [4.78, 5) is 65.5. The third kappa shape index (κ3) is 10.9. The minimum absolute atomic E-state index is 0.0431. The van der Waals surface area contributed by atoms with Gasteiger partial charge in [0.2, 0.25) is 29.5 Å². The van der Waals surface area contributed by atoms with Crippen molar-refractivity contribution in [2.45, 2.75) is 167 Å². The second-order valence-electron chi connectivity index (χ2n) is 16.0. The minimum Gasteiger partial charge on any atom is -0.404 e. The molecule has 3 aliphatic carbocycles. The normalized spacial score (nSPS) is 26.3. The molecule has 15 nitrogen and oxygen atoms in total. The first kappa shape index (κ1) is 43.6. The van der Waals surface area contributed by atoms with Crippen LogP contribution in [0.5, 0.6) is 0 Å². The van der Waals surface area contributed by atoms with Crippen LogP contribution in [0.1, 0.15) is 119 Å². The van der Waals surface area contributed by atoms with E-state index >= 15 is 0 Å². The van der Waals surface area contributed by atoms with Gasteiger partial charge in [0.05, 0.1) is 23.8 Å². The van der Waals surface area contributed by atoms with Crippen LogP contribution in [0, 0.1) is 17.3 Å². The number of unbranched alkanes of at least 4 members (excludes halogenated alkanes) is 5. The Morgan fingerprint density at radius 3 is 2.10 bits per heavy atom. The lowest BCUT2D eigenvalue weighted by Gasteiger charge is -2.64. The standard InChI is InChI=1S/C36H66BN7O8/c1-8-9-10-11-12-16-29(46)42-26(20-39)33(49)44-30(22(3)45)34(50)40-21(2)31(47)43-25(15-13-14-17-38)32(48)41-23(4)37-51-28-19-24-18-27(35(24,5)6)36(28,7)52-37/h21-28,30,45H,8-20,38-39H2,1-7H3,(H,40,50)(H,41,48)(H,42,46)(H,43,47)(H,44,49). The minimum atomic E-state index is -1.44. The molecule has 3 saturated carbocycles. The lowest BCUT2D eigenvalue weighted by molar-refractivity contribution is -0.199. The summed E-state index contributed by atoms with van der Waals surface area (Å²) in [6, 6.07) is -4.62. The molecule has 10 N–H and O–H groups in total. The number of amides is 5. The predicted molar refractivity (Wildman–Crippen MR) is 198 cm³/mol. The van der Waals surface area contributed by atoms with Crippen molar-refractivity contribution < 1.29 is 38.4 Å². The molecule has 0 spiro atoms. The average Bonchev–Trinajstić information content (AvgIpc) is 3.46. The summed E-state index contributed by atoms with van der Waals surface area (Å²) in [5, 5.41) is 23.6. The maximum absolute atomic E-state index is 13.6. The van der Waals surface area contributed by atoms with Gasteiger partial charge in [0.15, 0.2) is 0 Å². The first-order valence-corrected chi connectivity index (χ1v) is 19.4. The van der Waals surface area contributed by atoms with Gasteiger partial charge in [-0.25, -0.2) is 0 Å². The van der Waals surface area contributed by atoms with Crippen LogP contribution >= 0.6 is 0 Å². The molecular formula is C36H66BN7O8. The van der Waals surface area contributed by atoms with E-state index in [0.29, 0.717) is 44.1 Å². The Morgan fingerprint density at radius 2 is 1.48 bits per heavy atom. The van der Waals surface area contributed by atoms with Gasteiger partial charge in [0.1, 0.15) is 24.2 Å². The van der Waals surface area contributed by atoms with E-state index in [0.717, 1.165) is 38.5 Å². The topological polar surface area (TPSA) is 236 Å². The summed E-state index contributed by atoms with van der Waals surface area (Å²) in [6.07, 6.45) is 7.20. The Balaban J connectivity index is 1.55. The van der Waals surface area contributed by atoms with Crippen LogP contribution < -0.4 is 38.1 Å². The van der Waals surface area contributed by atoms with E-state index in [2.05, 4.69) is 54.3 Å². The molecule has 0 aromatic rings. The molecule has 0 aromatic carbocycles. The van der Waals surface area contributed by atoms with Crippen LogP contribution in [0.25, 0.3) is 0 Å². The van der Waals surface area contributed by atoms with Gasteiger partial charge in [-0.2, -0.15) is 0 Å². The van der Waals surface area contributed by atoms with E-state index in [-0.39, 0.29) is 30.4 Å².